The quantitative estimate of drug-likeness (QED) is 0.557. The number of aryl methyl sites for hydroxylation is 2. The fraction of sp³-hybridized carbons (Fsp3) is 0.167. The van der Waals surface area contributed by atoms with Crippen molar-refractivity contribution in [1.82, 2.24) is 9.97 Å². The molecule has 0 bridgehead atoms. The van der Waals surface area contributed by atoms with Gasteiger partial charge in [0.15, 0.2) is 11.2 Å². The Labute approximate surface area is 86.8 Å². The van der Waals surface area contributed by atoms with Crippen LogP contribution in [0.25, 0.3) is 22.2 Å². The Kier molecular flexibility index (Phi) is 1.57. The largest absolute Gasteiger partial charge is 0.453 e. The first-order chi connectivity index (χ1) is 7.24. The van der Waals surface area contributed by atoms with Crippen molar-refractivity contribution in [2.24, 2.45) is 0 Å². The van der Waals surface area contributed by atoms with Gasteiger partial charge in [-0.25, -0.2) is 9.97 Å². The van der Waals surface area contributed by atoms with Crippen molar-refractivity contribution in [3.8, 4) is 0 Å². The highest BCUT2D eigenvalue weighted by molar-refractivity contribution is 5.99. The van der Waals surface area contributed by atoms with E-state index in [1.165, 1.54) is 0 Å². The minimum atomic E-state index is 0.800. The number of nitrogens with zero attached hydrogens (tertiary/aromatic N) is 2. The molecule has 74 valence electrons. The van der Waals surface area contributed by atoms with Crippen molar-refractivity contribution in [2.45, 2.75) is 13.8 Å². The Morgan fingerprint density at radius 1 is 0.800 bits per heavy atom. The zero-order valence-electron chi connectivity index (χ0n) is 8.61. The van der Waals surface area contributed by atoms with Crippen molar-refractivity contribution in [3.05, 3.63) is 35.7 Å². The van der Waals surface area contributed by atoms with Gasteiger partial charge in [-0.3, -0.25) is 0 Å². The molecule has 0 atom stereocenters. The first-order valence-corrected chi connectivity index (χ1v) is 4.87. The van der Waals surface area contributed by atoms with Crippen LogP contribution in [-0.4, -0.2) is 9.97 Å². The Morgan fingerprint density at radius 2 is 1.27 bits per heavy atom. The van der Waals surface area contributed by atoms with Crippen LogP contribution in [0.15, 0.2) is 28.7 Å². The second kappa shape index (κ2) is 2.79. The summed E-state index contributed by atoms with van der Waals surface area (Å²) in [7, 11) is 0. The van der Waals surface area contributed by atoms with Gasteiger partial charge in [0.05, 0.1) is 0 Å². The molecule has 0 aliphatic rings. The summed E-state index contributed by atoms with van der Waals surface area (Å²) in [5.74, 6) is 0. The third-order valence-electron chi connectivity index (χ3n) is 2.44. The van der Waals surface area contributed by atoms with Gasteiger partial charge >= 0.3 is 0 Å². The number of pyridine rings is 2. The highest BCUT2D eigenvalue weighted by Gasteiger charge is 2.09. The van der Waals surface area contributed by atoms with Crippen LogP contribution < -0.4 is 0 Å². The summed E-state index contributed by atoms with van der Waals surface area (Å²) in [5.41, 5.74) is 5.27. The van der Waals surface area contributed by atoms with Crippen LogP contribution >= 0.6 is 0 Å². The van der Waals surface area contributed by atoms with Gasteiger partial charge in [-0.15, -0.1) is 0 Å². The highest BCUT2D eigenvalue weighted by Crippen LogP contribution is 2.25. The van der Waals surface area contributed by atoms with Gasteiger partial charge in [0.2, 0.25) is 0 Å². The molecule has 0 aliphatic carbocycles. The Hall–Kier alpha value is -1.90. The van der Waals surface area contributed by atoms with E-state index < -0.39 is 0 Å². The van der Waals surface area contributed by atoms with E-state index in [0.717, 1.165) is 33.6 Å². The monoisotopic (exact) mass is 198 g/mol. The summed E-state index contributed by atoms with van der Waals surface area (Å²) in [6, 6.07) is 7.76. The van der Waals surface area contributed by atoms with E-state index in [9.17, 15) is 0 Å². The SMILES string of the molecule is Cc1ccc2oc3ccc(C)nc3c2n1. The topological polar surface area (TPSA) is 38.9 Å². The molecule has 3 heteroatoms. The number of hydrogen-bond acceptors (Lipinski definition) is 3. The number of rotatable bonds is 0. The van der Waals surface area contributed by atoms with Crippen LogP contribution in [0.1, 0.15) is 11.4 Å². The third kappa shape index (κ3) is 1.20. The van der Waals surface area contributed by atoms with Crippen LogP contribution in [0, 0.1) is 13.8 Å². The summed E-state index contributed by atoms with van der Waals surface area (Å²) in [6.45, 7) is 3.93. The van der Waals surface area contributed by atoms with Gasteiger partial charge in [-0.05, 0) is 38.1 Å². The maximum Gasteiger partial charge on any atom is 0.155 e. The molecule has 3 aromatic heterocycles. The molecular weight excluding hydrogens is 188 g/mol. The lowest BCUT2D eigenvalue weighted by molar-refractivity contribution is 0.667. The molecule has 3 rings (SSSR count). The molecule has 0 aromatic carbocycles. The Bertz CT molecular complexity index is 599. The summed E-state index contributed by atoms with van der Waals surface area (Å²) >= 11 is 0. The summed E-state index contributed by atoms with van der Waals surface area (Å²) < 4.78 is 5.64. The Morgan fingerprint density at radius 3 is 1.73 bits per heavy atom. The van der Waals surface area contributed by atoms with Crippen molar-refractivity contribution < 1.29 is 4.42 Å². The fourth-order valence-corrected chi connectivity index (χ4v) is 1.71. The predicted octanol–water partition coefficient (Wildman–Crippen LogP) is 2.99. The molecule has 3 aromatic rings. The van der Waals surface area contributed by atoms with E-state index in [2.05, 4.69) is 9.97 Å². The highest BCUT2D eigenvalue weighted by atomic mass is 16.3. The Balaban J connectivity index is 2.55. The number of fused-ring (bicyclic) bond motifs is 3. The minimum absolute atomic E-state index is 0.800. The lowest BCUT2D eigenvalue weighted by Gasteiger charge is -1.91. The standard InChI is InChI=1S/C12H10N2O/c1-7-3-5-9-11(13-7)12-10(15-9)6-4-8(2)14-12/h3-6H,1-2H3. The maximum absolute atomic E-state index is 5.64. The van der Waals surface area contributed by atoms with Crippen LogP contribution in [0.3, 0.4) is 0 Å². The molecule has 0 saturated carbocycles. The molecule has 3 heterocycles. The fourth-order valence-electron chi connectivity index (χ4n) is 1.71. The van der Waals surface area contributed by atoms with Gasteiger partial charge in [-0.1, -0.05) is 0 Å². The molecule has 0 amide bonds. The van der Waals surface area contributed by atoms with E-state index in [1.807, 2.05) is 38.1 Å². The van der Waals surface area contributed by atoms with Gasteiger partial charge < -0.3 is 4.42 Å². The maximum atomic E-state index is 5.64. The minimum Gasteiger partial charge on any atom is -0.453 e. The van der Waals surface area contributed by atoms with Gasteiger partial charge in [-0.2, -0.15) is 0 Å². The zero-order valence-corrected chi connectivity index (χ0v) is 8.61. The van der Waals surface area contributed by atoms with E-state index in [4.69, 9.17) is 4.42 Å². The summed E-state index contributed by atoms with van der Waals surface area (Å²) in [6.07, 6.45) is 0. The van der Waals surface area contributed by atoms with Crippen LogP contribution in [-0.2, 0) is 0 Å². The van der Waals surface area contributed by atoms with Crippen LogP contribution in [0.4, 0.5) is 0 Å². The first-order valence-electron chi connectivity index (χ1n) is 4.87. The number of furan rings is 1. The second-order valence-corrected chi connectivity index (χ2v) is 3.70. The van der Waals surface area contributed by atoms with Gasteiger partial charge in [0, 0.05) is 11.4 Å². The normalized spacial score (nSPS) is 11.3. The molecule has 0 aliphatic heterocycles. The van der Waals surface area contributed by atoms with Crippen molar-refractivity contribution >= 4 is 22.2 Å². The van der Waals surface area contributed by atoms with E-state index in [-0.39, 0.29) is 0 Å². The van der Waals surface area contributed by atoms with Gasteiger partial charge in [0.1, 0.15) is 11.0 Å². The van der Waals surface area contributed by atoms with E-state index in [0.29, 0.717) is 0 Å². The third-order valence-corrected chi connectivity index (χ3v) is 2.44. The molecule has 15 heavy (non-hydrogen) atoms. The zero-order chi connectivity index (χ0) is 10.4. The van der Waals surface area contributed by atoms with E-state index >= 15 is 0 Å². The molecular formula is C12H10N2O. The average Bonchev–Trinajstić information content (AvgIpc) is 2.56. The smallest absolute Gasteiger partial charge is 0.155 e. The van der Waals surface area contributed by atoms with Crippen molar-refractivity contribution in [1.29, 1.82) is 0 Å². The second-order valence-electron chi connectivity index (χ2n) is 3.70. The predicted molar refractivity (Wildman–Crippen MR) is 58.8 cm³/mol. The van der Waals surface area contributed by atoms with Crippen LogP contribution in [0.5, 0.6) is 0 Å². The number of aromatic nitrogens is 2. The first kappa shape index (κ1) is 8.41. The lowest BCUT2D eigenvalue weighted by atomic mass is 10.3. The summed E-state index contributed by atoms with van der Waals surface area (Å²) in [4.78, 5) is 8.90. The molecule has 0 radical (unpaired) electrons. The molecule has 0 fully saturated rings. The average molecular weight is 198 g/mol. The number of hydrogen-bond donors (Lipinski definition) is 0. The molecule has 0 spiro atoms. The lowest BCUT2D eigenvalue weighted by Crippen LogP contribution is -1.83. The van der Waals surface area contributed by atoms with Crippen molar-refractivity contribution in [3.63, 3.8) is 0 Å². The van der Waals surface area contributed by atoms with E-state index in [1.54, 1.807) is 0 Å². The molecule has 0 N–H and O–H groups in total. The van der Waals surface area contributed by atoms with Crippen LogP contribution in [0.2, 0.25) is 0 Å². The van der Waals surface area contributed by atoms with Gasteiger partial charge in [0.25, 0.3) is 0 Å². The summed E-state index contributed by atoms with van der Waals surface area (Å²) in [5, 5.41) is 0. The molecule has 0 saturated heterocycles. The molecule has 0 unspecified atom stereocenters. The molecule has 3 nitrogen and oxygen atoms in total. The van der Waals surface area contributed by atoms with Crippen molar-refractivity contribution in [2.75, 3.05) is 0 Å².